The van der Waals surface area contributed by atoms with Gasteiger partial charge in [-0.05, 0) is 84.9 Å². The molecule has 4 aliphatic rings. The van der Waals surface area contributed by atoms with Crippen LogP contribution in [0.15, 0.2) is 41.8 Å². The number of hydrogen-bond donors (Lipinski definition) is 2. The Balaban J connectivity index is 1.18. The van der Waals surface area contributed by atoms with Gasteiger partial charge >= 0.3 is 0 Å². The van der Waals surface area contributed by atoms with Crippen LogP contribution >= 0.6 is 11.3 Å². The van der Waals surface area contributed by atoms with E-state index >= 15 is 0 Å². The Labute approximate surface area is 169 Å². The van der Waals surface area contributed by atoms with Crippen molar-refractivity contribution < 1.29 is 9.59 Å². The van der Waals surface area contributed by atoms with Gasteiger partial charge in [-0.2, -0.15) is 0 Å². The second kappa shape index (κ2) is 7.36. The first-order valence-corrected chi connectivity index (χ1v) is 11.2. The molecule has 0 aliphatic heterocycles. The van der Waals surface area contributed by atoms with E-state index in [9.17, 15) is 9.59 Å². The van der Waals surface area contributed by atoms with Crippen molar-refractivity contribution in [1.29, 1.82) is 0 Å². The fourth-order valence-corrected chi connectivity index (χ4v) is 6.49. The van der Waals surface area contributed by atoms with E-state index in [4.69, 9.17) is 0 Å². The van der Waals surface area contributed by atoms with Crippen molar-refractivity contribution >= 4 is 23.2 Å². The normalized spacial score (nSPS) is 30.2. The number of benzene rings is 1. The summed E-state index contributed by atoms with van der Waals surface area (Å²) in [6, 6.07) is 11.7. The van der Waals surface area contributed by atoms with Gasteiger partial charge in [0.15, 0.2) is 0 Å². The smallest absolute Gasteiger partial charge is 0.261 e. The molecule has 1 heterocycles. The van der Waals surface area contributed by atoms with Crippen LogP contribution in [0, 0.1) is 23.7 Å². The third-order valence-corrected chi connectivity index (χ3v) is 7.81. The van der Waals surface area contributed by atoms with Crippen LogP contribution in [0.3, 0.4) is 0 Å². The first-order chi connectivity index (χ1) is 13.7. The molecule has 0 radical (unpaired) electrons. The van der Waals surface area contributed by atoms with E-state index in [2.05, 4.69) is 10.6 Å². The SMILES string of the molecule is O=C(NC1C2CC3CC(C2)CC1C3)c1ccc(CNC(=O)c2cccs2)cc1. The van der Waals surface area contributed by atoms with Crippen LogP contribution in [0.1, 0.15) is 57.7 Å². The number of thiophene rings is 1. The van der Waals surface area contributed by atoms with Gasteiger partial charge in [-0.25, -0.2) is 0 Å². The van der Waals surface area contributed by atoms with Crippen molar-refractivity contribution in [2.24, 2.45) is 23.7 Å². The van der Waals surface area contributed by atoms with Gasteiger partial charge in [0.25, 0.3) is 11.8 Å². The highest BCUT2D eigenvalue weighted by Crippen LogP contribution is 2.53. The largest absolute Gasteiger partial charge is 0.349 e. The Morgan fingerprint density at radius 2 is 1.57 bits per heavy atom. The molecule has 4 fully saturated rings. The van der Waals surface area contributed by atoms with Crippen molar-refractivity contribution in [3.63, 3.8) is 0 Å². The molecule has 2 N–H and O–H groups in total. The zero-order valence-electron chi connectivity index (χ0n) is 15.9. The zero-order valence-corrected chi connectivity index (χ0v) is 16.7. The lowest BCUT2D eigenvalue weighted by Crippen LogP contribution is -2.55. The summed E-state index contributed by atoms with van der Waals surface area (Å²) >= 11 is 1.43. The second-order valence-electron chi connectivity index (χ2n) is 8.79. The van der Waals surface area contributed by atoms with Crippen molar-refractivity contribution in [3.8, 4) is 0 Å². The Morgan fingerprint density at radius 3 is 2.18 bits per heavy atom. The molecule has 5 heteroatoms. The van der Waals surface area contributed by atoms with Gasteiger partial charge in [-0.15, -0.1) is 11.3 Å². The fraction of sp³-hybridized carbons (Fsp3) is 0.478. The maximum atomic E-state index is 12.8. The van der Waals surface area contributed by atoms with Crippen LogP contribution in [0.4, 0.5) is 0 Å². The molecule has 4 aliphatic carbocycles. The lowest BCUT2D eigenvalue weighted by atomic mass is 9.54. The topological polar surface area (TPSA) is 58.2 Å². The van der Waals surface area contributed by atoms with E-state index in [0.717, 1.165) is 17.4 Å². The molecular weight excluding hydrogens is 368 g/mol. The zero-order chi connectivity index (χ0) is 19.1. The first kappa shape index (κ1) is 17.9. The van der Waals surface area contributed by atoms with E-state index in [1.165, 1.54) is 43.4 Å². The fourth-order valence-electron chi connectivity index (χ4n) is 5.85. The van der Waals surface area contributed by atoms with Gasteiger partial charge in [0.1, 0.15) is 0 Å². The Kier molecular flexibility index (Phi) is 4.71. The van der Waals surface area contributed by atoms with Gasteiger partial charge in [-0.3, -0.25) is 9.59 Å². The molecular formula is C23H26N2O2S. The van der Waals surface area contributed by atoms with Crippen molar-refractivity contribution in [2.75, 3.05) is 0 Å². The lowest BCUT2D eigenvalue weighted by molar-refractivity contribution is -0.0119. The number of carbonyl (C=O) groups excluding carboxylic acids is 2. The first-order valence-electron chi connectivity index (χ1n) is 10.4. The number of carbonyl (C=O) groups is 2. The van der Waals surface area contributed by atoms with E-state index < -0.39 is 0 Å². The summed E-state index contributed by atoms with van der Waals surface area (Å²) in [6.45, 7) is 0.466. The third kappa shape index (κ3) is 3.48. The van der Waals surface area contributed by atoms with E-state index in [1.807, 2.05) is 41.8 Å². The molecule has 1 aromatic heterocycles. The summed E-state index contributed by atoms with van der Waals surface area (Å²) < 4.78 is 0. The molecule has 0 unspecified atom stereocenters. The van der Waals surface area contributed by atoms with Crippen LogP contribution in [0.2, 0.25) is 0 Å². The summed E-state index contributed by atoms with van der Waals surface area (Å²) in [7, 11) is 0. The molecule has 4 saturated carbocycles. The molecule has 2 aromatic rings. The van der Waals surface area contributed by atoms with Crippen molar-refractivity contribution in [3.05, 3.63) is 57.8 Å². The van der Waals surface area contributed by atoms with Crippen LogP contribution in [-0.4, -0.2) is 17.9 Å². The van der Waals surface area contributed by atoms with Crippen LogP contribution in [0.25, 0.3) is 0 Å². The summed E-state index contributed by atoms with van der Waals surface area (Å²) in [6.07, 6.45) is 6.65. The molecule has 4 nitrogen and oxygen atoms in total. The average Bonchev–Trinajstić information content (AvgIpc) is 3.23. The van der Waals surface area contributed by atoms with Crippen LogP contribution in [-0.2, 0) is 6.54 Å². The molecule has 146 valence electrons. The average molecular weight is 395 g/mol. The minimum Gasteiger partial charge on any atom is -0.349 e. The standard InChI is InChI=1S/C23H26N2O2S/c26-22(25-21-18-9-15-8-16(11-18)12-19(21)10-15)17-5-3-14(4-6-17)13-24-23(27)20-2-1-7-28-20/h1-7,15-16,18-19,21H,8-13H2,(H,24,27)(H,25,26). The highest BCUT2D eigenvalue weighted by atomic mass is 32.1. The second-order valence-corrected chi connectivity index (χ2v) is 9.73. The Hall–Kier alpha value is -2.14. The minimum atomic E-state index is -0.0568. The number of rotatable bonds is 5. The van der Waals surface area contributed by atoms with Gasteiger partial charge in [0.2, 0.25) is 0 Å². The molecule has 6 rings (SSSR count). The highest BCUT2D eigenvalue weighted by Gasteiger charge is 2.48. The van der Waals surface area contributed by atoms with Crippen molar-refractivity contribution in [1.82, 2.24) is 10.6 Å². The molecule has 0 spiro atoms. The summed E-state index contributed by atoms with van der Waals surface area (Å²) in [5, 5.41) is 8.18. The van der Waals surface area contributed by atoms with E-state index in [-0.39, 0.29) is 11.8 Å². The quantitative estimate of drug-likeness (QED) is 0.797. The molecule has 1 aromatic carbocycles. The molecule has 2 amide bonds. The minimum absolute atomic E-state index is 0.0478. The molecule has 4 bridgehead atoms. The molecule has 0 saturated heterocycles. The van der Waals surface area contributed by atoms with E-state index in [0.29, 0.717) is 34.9 Å². The lowest BCUT2D eigenvalue weighted by Gasteiger charge is -2.54. The highest BCUT2D eigenvalue weighted by molar-refractivity contribution is 7.12. The van der Waals surface area contributed by atoms with Gasteiger partial charge in [-0.1, -0.05) is 18.2 Å². The maximum absolute atomic E-state index is 12.8. The summed E-state index contributed by atoms with van der Waals surface area (Å²) in [5.41, 5.74) is 1.71. The number of hydrogen-bond acceptors (Lipinski definition) is 3. The van der Waals surface area contributed by atoms with Gasteiger partial charge < -0.3 is 10.6 Å². The van der Waals surface area contributed by atoms with Crippen LogP contribution in [0.5, 0.6) is 0 Å². The van der Waals surface area contributed by atoms with Crippen molar-refractivity contribution in [2.45, 2.75) is 44.7 Å². The van der Waals surface area contributed by atoms with E-state index in [1.54, 1.807) is 0 Å². The summed E-state index contributed by atoms with van der Waals surface area (Å²) in [5.74, 6) is 3.20. The number of amides is 2. The predicted molar refractivity (Wildman–Crippen MR) is 110 cm³/mol. The number of nitrogens with one attached hydrogen (secondary N) is 2. The maximum Gasteiger partial charge on any atom is 0.261 e. The third-order valence-electron chi connectivity index (χ3n) is 6.94. The predicted octanol–water partition coefficient (Wildman–Crippen LogP) is 4.23. The summed E-state index contributed by atoms with van der Waals surface area (Å²) in [4.78, 5) is 25.5. The molecule has 0 atom stereocenters. The van der Waals surface area contributed by atoms with Gasteiger partial charge in [0, 0.05) is 18.2 Å². The van der Waals surface area contributed by atoms with Gasteiger partial charge in [0.05, 0.1) is 4.88 Å². The Morgan fingerprint density at radius 1 is 0.893 bits per heavy atom. The monoisotopic (exact) mass is 394 g/mol. The molecule has 28 heavy (non-hydrogen) atoms. The Bertz CT molecular complexity index is 831. The van der Waals surface area contributed by atoms with Crippen LogP contribution < -0.4 is 10.6 Å².